The Labute approximate surface area is 746 Å². The number of benzene rings is 12. The second kappa shape index (κ2) is 37.3. The number of aliphatic hydroxyl groups is 2. The van der Waals surface area contributed by atoms with Crippen molar-refractivity contribution in [3.63, 3.8) is 0 Å². The molecule has 25 rings (SSSR count). The topological polar surface area (TPSA) is 138 Å². The van der Waals surface area contributed by atoms with Gasteiger partial charge in [0.1, 0.15) is 30.8 Å². The number of carbonyl (C=O) groups excluding carboxylic acids is 2. The number of nitrogens with zero attached hydrogens (tertiary/aromatic N) is 11. The third kappa shape index (κ3) is 16.7. The second-order valence-corrected chi connectivity index (χ2v) is 30.4. The van der Waals surface area contributed by atoms with Crippen LogP contribution >= 0.6 is 0 Å². The minimum atomic E-state index is -0.125. The molecule has 0 atom stereocenters. The van der Waals surface area contributed by atoms with Gasteiger partial charge in [0.05, 0.1) is 50.9 Å². The third-order valence-corrected chi connectivity index (χ3v) is 22.2. The number of aliphatic hydroxyl groups excluding tert-OH is 2. The first-order valence-corrected chi connectivity index (χ1v) is 40.9. The van der Waals surface area contributed by atoms with Gasteiger partial charge in [-0.2, -0.15) is 17.9 Å². The summed E-state index contributed by atoms with van der Waals surface area (Å²) in [6, 6.07) is 123. The van der Waals surface area contributed by atoms with E-state index in [9.17, 15) is 9.59 Å². The normalized spacial score (nSPS) is 12.4. The first-order valence-electron chi connectivity index (χ1n) is 40.9. The van der Waals surface area contributed by atoms with E-state index in [0.29, 0.717) is 6.85 Å². The molecule has 5 aliphatic heterocycles. The SMILES string of the molecule is C1=CB2c3cccc[n+]3CN2C=C1.CC(=O)C=C(C)O.CC(=O)C=C(C)O.[Ir].[Pt].[c-]1ccccc1-c1ccccn1.[c-]1ccccc1-c1nc2ccccc2n1-c1ccccc1.c1cc2c3c(c1)c1ccccc1n1c4ccccc4[n+](c31)C2.c1cc2c3c(c1)ccn1c4ccccc4[n+](c31)C2.c1ccc(-n2c3[n+](c4ccccc42)Cc2ccccc2-3)cc1. The van der Waals surface area contributed by atoms with Crippen LogP contribution in [0.25, 0.3) is 133 Å². The smallest absolute Gasteiger partial charge is 0.401 e. The molecule has 0 spiro atoms. The molecular weight excluding hydrogens is 1890 g/mol. The molecule has 1 radical (unpaired) electrons. The fourth-order valence-electron chi connectivity index (χ4n) is 17.3. The Morgan fingerprint density at radius 2 is 1.00 bits per heavy atom. The summed E-state index contributed by atoms with van der Waals surface area (Å²) in [5.41, 5.74) is 26.2. The van der Waals surface area contributed by atoms with E-state index in [1.807, 2.05) is 103 Å². The van der Waals surface area contributed by atoms with Crippen LogP contribution in [0.3, 0.4) is 0 Å². The molecule has 0 amide bonds. The number of fused-ring (bicyclic) bond motifs is 18. The number of imidazole rings is 4. The molecular formula is C106H86BIrN11O4Pt+2. The Morgan fingerprint density at radius 3 is 1.67 bits per heavy atom. The van der Waals surface area contributed by atoms with Gasteiger partial charge in [0.15, 0.2) is 56.5 Å². The number of pyridine rings is 4. The van der Waals surface area contributed by atoms with Crippen LogP contribution in [0.1, 0.15) is 44.4 Å². The van der Waals surface area contributed by atoms with Crippen molar-refractivity contribution in [1.29, 1.82) is 0 Å². The summed E-state index contributed by atoms with van der Waals surface area (Å²) in [6.07, 6.45) is 14.8. The van der Waals surface area contributed by atoms with E-state index in [2.05, 4.69) is 325 Å². The maximum atomic E-state index is 10.0. The van der Waals surface area contributed by atoms with Gasteiger partial charge in [-0.3, -0.25) is 14.6 Å². The molecule has 0 saturated heterocycles. The molecule has 18 heteroatoms. The Morgan fingerprint density at radius 1 is 0.460 bits per heavy atom. The third-order valence-electron chi connectivity index (χ3n) is 22.2. The molecule has 13 heterocycles. The van der Waals surface area contributed by atoms with Gasteiger partial charge in [0, 0.05) is 98.7 Å². The van der Waals surface area contributed by atoms with Gasteiger partial charge in [0.2, 0.25) is 6.67 Å². The summed E-state index contributed by atoms with van der Waals surface area (Å²) >= 11 is 0. The number of carbonyl (C=O) groups is 2. The zero-order valence-corrected chi connectivity index (χ0v) is 73.3. The molecule has 0 saturated carbocycles. The van der Waals surface area contributed by atoms with E-state index >= 15 is 0 Å². The molecule has 0 bridgehead atoms. The molecule has 8 aromatic heterocycles. The maximum absolute atomic E-state index is 10.0. The number of aromatic nitrogens is 10. The van der Waals surface area contributed by atoms with Crippen molar-refractivity contribution in [2.45, 2.75) is 54.0 Å². The van der Waals surface area contributed by atoms with Gasteiger partial charge in [-0.1, -0.05) is 188 Å². The molecule has 0 aliphatic carbocycles. The first kappa shape index (κ1) is 83.3. The molecule has 15 nitrogen and oxygen atoms in total. The molecule has 2 N–H and O–H groups in total. The zero-order valence-electron chi connectivity index (χ0n) is 68.6. The van der Waals surface area contributed by atoms with Gasteiger partial charge in [-0.25, -0.2) is 13.7 Å². The van der Waals surface area contributed by atoms with Gasteiger partial charge < -0.3 is 24.6 Å². The summed E-state index contributed by atoms with van der Waals surface area (Å²) in [4.78, 5) is 31.4. The Hall–Kier alpha value is -14.3. The number of hydrogen-bond acceptors (Lipinski definition) is 7. The van der Waals surface area contributed by atoms with Crippen molar-refractivity contribution in [3.05, 3.63) is 429 Å². The summed E-state index contributed by atoms with van der Waals surface area (Å²) in [6.45, 7) is 10.0. The summed E-state index contributed by atoms with van der Waals surface area (Å²) in [5.74, 6) is 4.31. The molecule has 0 unspecified atom stereocenters. The van der Waals surface area contributed by atoms with E-state index in [1.54, 1.807) is 6.20 Å². The molecule has 5 aliphatic rings. The second-order valence-electron chi connectivity index (χ2n) is 30.4. The van der Waals surface area contributed by atoms with Crippen LogP contribution in [0.2, 0.25) is 0 Å². The standard InChI is InChI=1S/C20H13N2.C20H15N2.C19H13N2.C16H11N2.C11H8N.C10H10BN2.2C5H8O2.Ir.Pt/c1-2-9-16-14(7-1)15-8-5-6-13-12-21-17-10-3-4-11-18(17)22(16)20(21)19(13)15;1-2-9-16(10-3-1)22-19-13-7-6-12-18(19)21-14-15-8-4-5-11-17(15)20(21)22;1-3-9-15(10-4-1)19-20-17-13-7-8-14-18(17)21(19)16-11-5-2-6-12-16;1-2-7-14-13(6-1)17-9-8-11-4-3-5-12-10-18(14)16(17)15(11)12;1-2-6-10(7-3-1)11-8-4-5-9-12-11;1-3-7-12-9-13-8-4-2-6-11(13)10(12)5-1;2*1-4(6)3-5(2)7;;/h1-11H,12H2;1-13H,14H2;1-9,11-14H;1-9H,10H2;1-6,8-9H;1-8H,9H2;2*3,6H,1-2H3;;/q2*+1;-1;+1;-1;+1;;;;. The monoisotopic (exact) mass is 1980 g/mol. The van der Waals surface area contributed by atoms with E-state index < -0.39 is 0 Å². The van der Waals surface area contributed by atoms with Crippen molar-refractivity contribution in [2.24, 2.45) is 0 Å². The average molecular weight is 1980 g/mol. The Balaban J connectivity index is 0.000000107. The van der Waals surface area contributed by atoms with Crippen LogP contribution < -0.4 is 23.9 Å². The summed E-state index contributed by atoms with van der Waals surface area (Å²) < 4.78 is 18.9. The van der Waals surface area contributed by atoms with Crippen molar-refractivity contribution >= 4 is 112 Å². The van der Waals surface area contributed by atoms with E-state index in [-0.39, 0.29) is 64.3 Å². The minimum absolute atomic E-state index is 0. The largest absolute Gasteiger partial charge is 0.512 e. The number of ketones is 2. The van der Waals surface area contributed by atoms with Gasteiger partial charge in [-0.15, -0.1) is 71.8 Å². The molecule has 124 heavy (non-hydrogen) atoms. The molecule has 0 fully saturated rings. The van der Waals surface area contributed by atoms with Crippen molar-refractivity contribution in [1.82, 2.24) is 32.7 Å². The number of allylic oxidation sites excluding steroid dienone is 6. The average Bonchev–Trinajstić information content (AvgIpc) is 1.55. The number of rotatable bonds is 6. The van der Waals surface area contributed by atoms with Gasteiger partial charge in [-0.05, 0) is 154 Å². The zero-order chi connectivity index (χ0) is 83.2. The Kier molecular flexibility index (Phi) is 25.1. The molecule has 609 valence electrons. The fraction of sp³-hybridized carbons (Fsp3) is 0.0755. The predicted octanol–water partition coefficient (Wildman–Crippen LogP) is 20.1. The van der Waals surface area contributed by atoms with Crippen LogP contribution in [-0.4, -0.2) is 61.3 Å². The molecule has 20 aromatic rings. The fourth-order valence-corrected chi connectivity index (χ4v) is 17.3. The maximum Gasteiger partial charge on any atom is 0.401 e. The Bertz CT molecular complexity index is 7400. The van der Waals surface area contributed by atoms with E-state index in [0.717, 1.165) is 65.7 Å². The summed E-state index contributed by atoms with van der Waals surface area (Å²) in [5, 5.41) is 23.6. The van der Waals surface area contributed by atoms with Crippen molar-refractivity contribution < 1.29 is 79.2 Å². The van der Waals surface area contributed by atoms with Crippen molar-refractivity contribution in [2.75, 3.05) is 0 Å². The van der Waals surface area contributed by atoms with Gasteiger partial charge >= 0.3 is 6.85 Å². The van der Waals surface area contributed by atoms with Gasteiger partial charge in [0.25, 0.3) is 17.1 Å². The molecule has 12 aromatic carbocycles. The van der Waals surface area contributed by atoms with Crippen LogP contribution in [0.4, 0.5) is 0 Å². The minimum Gasteiger partial charge on any atom is -0.512 e. The van der Waals surface area contributed by atoms with Crippen LogP contribution in [-0.2, 0) is 77.1 Å². The van der Waals surface area contributed by atoms with Crippen LogP contribution in [0.15, 0.2) is 400 Å². The van der Waals surface area contributed by atoms with E-state index in [1.165, 1.54) is 156 Å². The first-order chi connectivity index (χ1) is 59.9. The van der Waals surface area contributed by atoms with E-state index in [4.69, 9.17) is 15.2 Å². The summed E-state index contributed by atoms with van der Waals surface area (Å²) in [7, 11) is 0. The number of hydrogen-bond donors (Lipinski definition) is 2. The number of para-hydroxylation sites is 11. The van der Waals surface area contributed by atoms with Crippen LogP contribution in [0, 0.1) is 12.1 Å². The van der Waals surface area contributed by atoms with Crippen molar-refractivity contribution in [3.8, 4) is 45.4 Å². The predicted molar refractivity (Wildman–Crippen MR) is 489 cm³/mol. The van der Waals surface area contributed by atoms with Crippen LogP contribution in [0.5, 0.6) is 0 Å². The quantitative estimate of drug-likeness (QED) is 0.0422.